The van der Waals surface area contributed by atoms with Gasteiger partial charge >= 0.3 is 0 Å². The Labute approximate surface area is 126 Å². The minimum atomic E-state index is 0.275. The van der Waals surface area contributed by atoms with E-state index in [0.29, 0.717) is 17.3 Å². The van der Waals surface area contributed by atoms with Crippen LogP contribution in [0.3, 0.4) is 0 Å². The Morgan fingerprint density at radius 3 is 2.00 bits per heavy atom. The predicted molar refractivity (Wildman–Crippen MR) is 90.1 cm³/mol. The quantitative estimate of drug-likeness (QED) is 0.764. The van der Waals surface area contributed by atoms with Crippen molar-refractivity contribution in [2.75, 3.05) is 0 Å². The van der Waals surface area contributed by atoms with Crippen molar-refractivity contribution in [1.82, 2.24) is 0 Å². The summed E-state index contributed by atoms with van der Waals surface area (Å²) in [5, 5.41) is 0. The Bertz CT molecular complexity index is 383. The van der Waals surface area contributed by atoms with Gasteiger partial charge in [-0.25, -0.2) is 0 Å². The Hall–Kier alpha value is -0.820. The first kappa shape index (κ1) is 17.2. The minimum Gasteiger partial charge on any atom is -0.327 e. The molecule has 0 saturated carbocycles. The Kier molecular flexibility index (Phi) is 6.26. The fraction of sp³-hybridized carbons (Fsp3) is 0.684. The third-order valence-electron chi connectivity index (χ3n) is 3.81. The van der Waals surface area contributed by atoms with Gasteiger partial charge in [0.2, 0.25) is 0 Å². The van der Waals surface area contributed by atoms with Crippen LogP contribution in [0, 0.1) is 11.3 Å². The number of rotatable bonds is 6. The van der Waals surface area contributed by atoms with E-state index in [9.17, 15) is 0 Å². The summed E-state index contributed by atoms with van der Waals surface area (Å²) in [6.45, 7) is 13.7. The molecule has 0 aliphatic rings. The Balaban J connectivity index is 2.47. The molecule has 1 aromatic rings. The van der Waals surface area contributed by atoms with Crippen LogP contribution in [0.1, 0.15) is 71.4 Å². The zero-order valence-electron chi connectivity index (χ0n) is 14.2. The van der Waals surface area contributed by atoms with E-state index >= 15 is 0 Å². The molecule has 0 aliphatic heterocycles. The van der Waals surface area contributed by atoms with E-state index in [1.165, 1.54) is 17.5 Å². The zero-order chi connectivity index (χ0) is 15.3. The Morgan fingerprint density at radius 1 is 1.00 bits per heavy atom. The topological polar surface area (TPSA) is 26.0 Å². The third-order valence-corrected chi connectivity index (χ3v) is 3.81. The molecule has 0 heterocycles. The molecule has 0 saturated heterocycles. The highest BCUT2D eigenvalue weighted by Crippen LogP contribution is 2.27. The van der Waals surface area contributed by atoms with Crippen LogP contribution in [0.2, 0.25) is 0 Å². The van der Waals surface area contributed by atoms with E-state index in [2.05, 4.69) is 65.8 Å². The van der Waals surface area contributed by atoms with E-state index in [-0.39, 0.29) is 6.04 Å². The highest BCUT2D eigenvalue weighted by molar-refractivity contribution is 5.25. The molecular formula is C19H33N. The van der Waals surface area contributed by atoms with Gasteiger partial charge in [0.05, 0.1) is 0 Å². The number of benzene rings is 1. The maximum absolute atomic E-state index is 6.32. The van der Waals surface area contributed by atoms with E-state index in [1.807, 2.05) is 0 Å². The van der Waals surface area contributed by atoms with Crippen molar-refractivity contribution < 1.29 is 0 Å². The third kappa shape index (κ3) is 6.56. The fourth-order valence-electron chi connectivity index (χ4n) is 3.07. The van der Waals surface area contributed by atoms with Gasteiger partial charge in [0.25, 0.3) is 0 Å². The van der Waals surface area contributed by atoms with Gasteiger partial charge in [-0.1, -0.05) is 65.8 Å². The zero-order valence-corrected chi connectivity index (χ0v) is 14.2. The smallest absolute Gasteiger partial charge is 0.00818 e. The average Bonchev–Trinajstić information content (AvgIpc) is 2.26. The summed E-state index contributed by atoms with van der Waals surface area (Å²) in [6.07, 6.45) is 3.35. The molecule has 1 rings (SSSR count). The monoisotopic (exact) mass is 275 g/mol. The van der Waals surface area contributed by atoms with Crippen LogP contribution in [0.4, 0.5) is 0 Å². The maximum atomic E-state index is 6.32. The molecule has 0 aliphatic carbocycles. The predicted octanol–water partition coefficient (Wildman–Crippen LogP) is 5.14. The molecule has 114 valence electrons. The van der Waals surface area contributed by atoms with Gasteiger partial charge in [-0.15, -0.1) is 0 Å². The molecule has 1 nitrogen and oxygen atoms in total. The number of hydrogen-bond donors (Lipinski definition) is 1. The molecule has 0 spiro atoms. The maximum Gasteiger partial charge on any atom is 0.00818 e. The molecule has 0 amide bonds. The molecule has 0 aromatic heterocycles. The molecular weight excluding hydrogens is 242 g/mol. The van der Waals surface area contributed by atoms with Crippen molar-refractivity contribution in [2.24, 2.45) is 17.1 Å². The van der Waals surface area contributed by atoms with Crippen molar-refractivity contribution in [3.8, 4) is 0 Å². The summed E-state index contributed by atoms with van der Waals surface area (Å²) in [7, 11) is 0. The van der Waals surface area contributed by atoms with Crippen LogP contribution in [-0.2, 0) is 6.42 Å². The van der Waals surface area contributed by atoms with Crippen LogP contribution in [-0.4, -0.2) is 6.04 Å². The summed E-state index contributed by atoms with van der Waals surface area (Å²) in [6, 6.07) is 9.24. The fourth-order valence-corrected chi connectivity index (χ4v) is 3.07. The SMILES string of the molecule is CC(CC(N)Cc1ccc(C(C)C)cc1)CC(C)(C)C. The van der Waals surface area contributed by atoms with Crippen molar-refractivity contribution in [3.05, 3.63) is 35.4 Å². The van der Waals surface area contributed by atoms with Crippen molar-refractivity contribution in [3.63, 3.8) is 0 Å². The van der Waals surface area contributed by atoms with Crippen LogP contribution >= 0.6 is 0 Å². The summed E-state index contributed by atoms with van der Waals surface area (Å²) < 4.78 is 0. The summed E-state index contributed by atoms with van der Waals surface area (Å²) >= 11 is 0. The largest absolute Gasteiger partial charge is 0.327 e. The van der Waals surface area contributed by atoms with E-state index < -0.39 is 0 Å². The second-order valence-electron chi connectivity index (χ2n) is 7.97. The van der Waals surface area contributed by atoms with Crippen LogP contribution in [0.25, 0.3) is 0 Å². The van der Waals surface area contributed by atoms with Gasteiger partial charge in [-0.05, 0) is 47.6 Å². The molecule has 0 radical (unpaired) electrons. The van der Waals surface area contributed by atoms with E-state index in [1.54, 1.807) is 0 Å². The summed E-state index contributed by atoms with van der Waals surface area (Å²) in [4.78, 5) is 0. The molecule has 2 N–H and O–H groups in total. The minimum absolute atomic E-state index is 0.275. The van der Waals surface area contributed by atoms with E-state index in [0.717, 1.165) is 12.8 Å². The molecule has 0 fully saturated rings. The molecule has 2 atom stereocenters. The summed E-state index contributed by atoms with van der Waals surface area (Å²) in [5.74, 6) is 1.30. The van der Waals surface area contributed by atoms with Gasteiger partial charge in [0, 0.05) is 6.04 Å². The lowest BCUT2D eigenvalue weighted by Gasteiger charge is -2.25. The van der Waals surface area contributed by atoms with Gasteiger partial charge < -0.3 is 5.73 Å². The van der Waals surface area contributed by atoms with Crippen molar-refractivity contribution in [1.29, 1.82) is 0 Å². The first-order chi connectivity index (χ1) is 9.17. The van der Waals surface area contributed by atoms with Crippen molar-refractivity contribution in [2.45, 2.75) is 72.8 Å². The number of hydrogen-bond acceptors (Lipinski definition) is 1. The Morgan fingerprint density at radius 2 is 1.55 bits per heavy atom. The first-order valence-corrected chi connectivity index (χ1v) is 8.02. The highest BCUT2D eigenvalue weighted by Gasteiger charge is 2.17. The van der Waals surface area contributed by atoms with Crippen molar-refractivity contribution >= 4 is 0 Å². The van der Waals surface area contributed by atoms with Gasteiger partial charge in [-0.3, -0.25) is 0 Å². The van der Waals surface area contributed by atoms with Gasteiger partial charge in [-0.2, -0.15) is 0 Å². The second kappa shape index (κ2) is 7.26. The lowest BCUT2D eigenvalue weighted by Crippen LogP contribution is -2.26. The van der Waals surface area contributed by atoms with Gasteiger partial charge in [0.1, 0.15) is 0 Å². The highest BCUT2D eigenvalue weighted by atomic mass is 14.6. The normalized spacial score (nSPS) is 15.4. The van der Waals surface area contributed by atoms with Crippen LogP contribution < -0.4 is 5.73 Å². The number of nitrogens with two attached hydrogens (primary N) is 1. The average molecular weight is 275 g/mol. The van der Waals surface area contributed by atoms with E-state index in [4.69, 9.17) is 5.73 Å². The van der Waals surface area contributed by atoms with Crippen LogP contribution in [0.5, 0.6) is 0 Å². The summed E-state index contributed by atoms with van der Waals surface area (Å²) in [5.41, 5.74) is 9.50. The molecule has 1 aromatic carbocycles. The molecule has 20 heavy (non-hydrogen) atoms. The second-order valence-corrected chi connectivity index (χ2v) is 7.97. The first-order valence-electron chi connectivity index (χ1n) is 8.02. The lowest BCUT2D eigenvalue weighted by atomic mass is 9.82. The molecule has 2 unspecified atom stereocenters. The molecule has 0 bridgehead atoms. The molecule has 1 heteroatoms. The van der Waals surface area contributed by atoms with Gasteiger partial charge in [0.15, 0.2) is 0 Å². The van der Waals surface area contributed by atoms with Crippen LogP contribution in [0.15, 0.2) is 24.3 Å². The standard InChI is InChI=1S/C19H33N/c1-14(2)17-9-7-16(8-10-17)12-18(20)11-15(3)13-19(4,5)6/h7-10,14-15,18H,11-13,20H2,1-6H3. The lowest BCUT2D eigenvalue weighted by molar-refractivity contribution is 0.285.